The topological polar surface area (TPSA) is 77.3 Å². The van der Waals surface area contributed by atoms with Crippen LogP contribution in [-0.4, -0.2) is 9.91 Å². The first-order valence-electron chi connectivity index (χ1n) is 9.33. The van der Waals surface area contributed by atoms with Gasteiger partial charge < -0.3 is 10.1 Å². The van der Waals surface area contributed by atoms with Crippen LogP contribution in [0.1, 0.15) is 11.1 Å². The van der Waals surface area contributed by atoms with E-state index in [1.807, 2.05) is 41.8 Å². The number of hydrogen-bond donors (Lipinski definition) is 1. The van der Waals surface area contributed by atoms with Gasteiger partial charge in [-0.3, -0.25) is 10.1 Å². The molecule has 0 radical (unpaired) electrons. The lowest BCUT2D eigenvalue weighted by atomic mass is 10.1. The highest BCUT2D eigenvalue weighted by Crippen LogP contribution is 2.33. The van der Waals surface area contributed by atoms with Gasteiger partial charge >= 0.3 is 0 Å². The van der Waals surface area contributed by atoms with E-state index in [1.165, 1.54) is 29.0 Å². The third-order valence-corrected chi connectivity index (χ3v) is 5.27. The number of benzene rings is 3. The number of ether oxygens (including phenoxy) is 1. The average Bonchev–Trinajstić information content (AvgIpc) is 3.22. The van der Waals surface area contributed by atoms with Gasteiger partial charge in [-0.05, 0) is 48.9 Å². The summed E-state index contributed by atoms with van der Waals surface area (Å²) < 4.78 is 5.99. The van der Waals surface area contributed by atoms with Crippen molar-refractivity contribution in [1.29, 1.82) is 0 Å². The van der Waals surface area contributed by atoms with Crippen LogP contribution in [-0.2, 0) is 6.61 Å². The normalized spacial score (nSPS) is 10.6. The van der Waals surface area contributed by atoms with Crippen LogP contribution in [0, 0.1) is 17.0 Å². The van der Waals surface area contributed by atoms with Crippen LogP contribution in [0.15, 0.2) is 78.2 Å². The summed E-state index contributed by atoms with van der Waals surface area (Å²) in [6, 6.07) is 22.2. The molecule has 0 spiro atoms. The van der Waals surface area contributed by atoms with Crippen LogP contribution in [0.25, 0.3) is 11.3 Å². The van der Waals surface area contributed by atoms with Gasteiger partial charge in [0.1, 0.15) is 12.4 Å². The highest BCUT2D eigenvalue weighted by molar-refractivity contribution is 7.14. The van der Waals surface area contributed by atoms with Crippen LogP contribution in [0.4, 0.5) is 16.5 Å². The minimum absolute atomic E-state index is 0.0650. The Kier molecular flexibility index (Phi) is 5.72. The summed E-state index contributed by atoms with van der Waals surface area (Å²) in [5.41, 5.74) is 4.84. The van der Waals surface area contributed by atoms with Crippen molar-refractivity contribution in [3.05, 3.63) is 99.4 Å². The second kappa shape index (κ2) is 8.75. The number of aromatic nitrogens is 1. The Morgan fingerprint density at radius 3 is 2.50 bits per heavy atom. The zero-order valence-corrected chi connectivity index (χ0v) is 17.1. The molecule has 0 saturated heterocycles. The van der Waals surface area contributed by atoms with Crippen LogP contribution in [0.3, 0.4) is 0 Å². The average molecular weight is 417 g/mol. The number of thiazole rings is 1. The van der Waals surface area contributed by atoms with Crippen LogP contribution in [0.2, 0.25) is 0 Å². The predicted molar refractivity (Wildman–Crippen MR) is 119 cm³/mol. The number of nitrogens with one attached hydrogen (secondary N) is 1. The Balaban J connectivity index is 1.48. The highest BCUT2D eigenvalue weighted by atomic mass is 32.1. The molecule has 0 bridgehead atoms. The van der Waals surface area contributed by atoms with Gasteiger partial charge in [0.2, 0.25) is 0 Å². The van der Waals surface area contributed by atoms with Crippen molar-refractivity contribution in [2.24, 2.45) is 0 Å². The largest absolute Gasteiger partial charge is 0.488 e. The fourth-order valence-corrected chi connectivity index (χ4v) is 3.63. The van der Waals surface area contributed by atoms with Gasteiger partial charge in [-0.15, -0.1) is 11.3 Å². The third kappa shape index (κ3) is 4.64. The molecule has 0 fully saturated rings. The van der Waals surface area contributed by atoms with E-state index in [1.54, 1.807) is 12.1 Å². The number of nitro benzene ring substituents is 1. The molecular formula is C23H19N3O3S. The Bertz CT molecular complexity index is 1160. The number of anilines is 2. The van der Waals surface area contributed by atoms with Crippen LogP contribution >= 0.6 is 11.3 Å². The Hall–Kier alpha value is -3.71. The van der Waals surface area contributed by atoms with E-state index in [9.17, 15) is 10.1 Å². The maximum absolute atomic E-state index is 10.8. The van der Waals surface area contributed by atoms with Crippen molar-refractivity contribution >= 4 is 27.8 Å². The number of non-ortho nitro benzene ring substituents is 1. The lowest BCUT2D eigenvalue weighted by molar-refractivity contribution is -0.384. The molecule has 4 aromatic rings. The first-order valence-corrected chi connectivity index (χ1v) is 10.2. The third-order valence-electron chi connectivity index (χ3n) is 4.51. The van der Waals surface area contributed by atoms with Gasteiger partial charge in [-0.25, -0.2) is 4.98 Å². The van der Waals surface area contributed by atoms with Gasteiger partial charge in [0, 0.05) is 28.8 Å². The lowest BCUT2D eigenvalue weighted by Gasteiger charge is -2.10. The molecule has 3 aromatic carbocycles. The molecule has 0 aliphatic rings. The van der Waals surface area contributed by atoms with Gasteiger partial charge in [0.25, 0.3) is 5.69 Å². The molecule has 0 atom stereocenters. The molecule has 1 heterocycles. The summed E-state index contributed by atoms with van der Waals surface area (Å²) >= 11 is 1.53. The Labute approximate surface area is 178 Å². The number of aryl methyl sites for hydroxylation is 1. The predicted octanol–water partition coefficient (Wildman–Crippen LogP) is 6.35. The van der Waals surface area contributed by atoms with Crippen molar-refractivity contribution < 1.29 is 9.66 Å². The van der Waals surface area contributed by atoms with Crippen molar-refractivity contribution in [3.63, 3.8) is 0 Å². The number of nitro groups is 1. The first kappa shape index (κ1) is 19.6. The van der Waals surface area contributed by atoms with Gasteiger partial charge in [-0.2, -0.15) is 0 Å². The monoisotopic (exact) mass is 417 g/mol. The van der Waals surface area contributed by atoms with Crippen molar-refractivity contribution in [1.82, 2.24) is 4.98 Å². The molecule has 1 aromatic heterocycles. The summed E-state index contributed by atoms with van der Waals surface area (Å²) in [6.07, 6.45) is 0. The maximum Gasteiger partial charge on any atom is 0.269 e. The Morgan fingerprint density at radius 2 is 1.77 bits per heavy atom. The summed E-state index contributed by atoms with van der Waals surface area (Å²) in [6.45, 7) is 2.37. The zero-order valence-electron chi connectivity index (χ0n) is 16.2. The minimum atomic E-state index is -0.412. The minimum Gasteiger partial charge on any atom is -0.488 e. The van der Waals surface area contributed by atoms with E-state index < -0.39 is 4.92 Å². The maximum atomic E-state index is 10.8. The number of rotatable bonds is 7. The molecule has 0 aliphatic heterocycles. The lowest BCUT2D eigenvalue weighted by Crippen LogP contribution is -1.98. The fraction of sp³-hybridized carbons (Fsp3) is 0.0870. The fourth-order valence-electron chi connectivity index (χ4n) is 2.89. The molecule has 7 heteroatoms. The number of para-hydroxylation sites is 1. The van der Waals surface area contributed by atoms with E-state index in [4.69, 9.17) is 9.72 Å². The molecule has 0 unspecified atom stereocenters. The van der Waals surface area contributed by atoms with Crippen LogP contribution in [0.5, 0.6) is 5.75 Å². The molecule has 0 saturated carbocycles. The molecule has 1 N–H and O–H groups in total. The zero-order chi connectivity index (χ0) is 20.9. The van der Waals surface area contributed by atoms with Crippen LogP contribution < -0.4 is 10.1 Å². The van der Waals surface area contributed by atoms with E-state index >= 15 is 0 Å². The summed E-state index contributed by atoms with van der Waals surface area (Å²) in [5.74, 6) is 0.711. The van der Waals surface area contributed by atoms with Gasteiger partial charge in [0.15, 0.2) is 5.13 Å². The molecule has 4 rings (SSSR count). The molecule has 6 nitrogen and oxygen atoms in total. The summed E-state index contributed by atoms with van der Waals surface area (Å²) in [7, 11) is 0. The summed E-state index contributed by atoms with van der Waals surface area (Å²) in [5, 5.41) is 16.9. The highest BCUT2D eigenvalue weighted by Gasteiger charge is 2.11. The van der Waals surface area contributed by atoms with Gasteiger partial charge in [-0.1, -0.05) is 29.8 Å². The van der Waals surface area contributed by atoms with E-state index in [0.29, 0.717) is 12.4 Å². The van der Waals surface area contributed by atoms with Crippen molar-refractivity contribution in [3.8, 4) is 17.0 Å². The molecule has 0 amide bonds. The number of nitrogens with zero attached hydrogens (tertiary/aromatic N) is 2. The van der Waals surface area contributed by atoms with E-state index in [0.717, 1.165) is 27.6 Å². The SMILES string of the molecule is Cc1ccc(Nc2nc(-c3ccccc3OCc3ccc([N+](=O)[O-])cc3)cs2)cc1. The molecular weight excluding hydrogens is 398 g/mol. The Morgan fingerprint density at radius 1 is 1.03 bits per heavy atom. The molecule has 0 aliphatic carbocycles. The summed E-state index contributed by atoms with van der Waals surface area (Å²) in [4.78, 5) is 15.1. The van der Waals surface area contributed by atoms with E-state index in [2.05, 4.69) is 24.4 Å². The van der Waals surface area contributed by atoms with Gasteiger partial charge in [0.05, 0.1) is 10.6 Å². The number of hydrogen-bond acceptors (Lipinski definition) is 6. The molecule has 150 valence electrons. The second-order valence-electron chi connectivity index (χ2n) is 6.74. The van der Waals surface area contributed by atoms with Crippen molar-refractivity contribution in [2.75, 3.05) is 5.32 Å². The smallest absolute Gasteiger partial charge is 0.269 e. The quantitative estimate of drug-likeness (QED) is 0.280. The second-order valence-corrected chi connectivity index (χ2v) is 7.60. The molecule has 30 heavy (non-hydrogen) atoms. The van der Waals surface area contributed by atoms with Crippen molar-refractivity contribution in [2.45, 2.75) is 13.5 Å². The standard InChI is InChI=1S/C23H19N3O3S/c1-16-6-10-18(11-7-16)24-23-25-21(15-30-23)20-4-2-3-5-22(20)29-14-17-8-12-19(13-9-17)26(27)28/h2-13,15H,14H2,1H3,(H,24,25). The van der Waals surface area contributed by atoms with E-state index in [-0.39, 0.29) is 5.69 Å². The first-order chi connectivity index (χ1) is 14.6.